The van der Waals surface area contributed by atoms with Crippen molar-refractivity contribution < 1.29 is 4.79 Å². The number of aromatic nitrogens is 4. The summed E-state index contributed by atoms with van der Waals surface area (Å²) in [7, 11) is 0. The first-order valence-corrected chi connectivity index (χ1v) is 7.47. The lowest BCUT2D eigenvalue weighted by atomic mass is 10.1. The number of carbonyl (C=O) groups excluding carboxylic acids is 1. The number of fused-ring (bicyclic) bond motifs is 1. The fraction of sp³-hybridized carbons (Fsp3) is 0.250. The number of hydrogen-bond donors (Lipinski definition) is 2. The van der Waals surface area contributed by atoms with E-state index in [4.69, 9.17) is 0 Å². The van der Waals surface area contributed by atoms with Crippen molar-refractivity contribution in [3.05, 3.63) is 53.6 Å². The van der Waals surface area contributed by atoms with Gasteiger partial charge in [0.25, 0.3) is 11.7 Å². The lowest BCUT2D eigenvalue weighted by molar-refractivity contribution is 0.101. The Morgan fingerprint density at radius 3 is 2.87 bits per heavy atom. The molecule has 3 aromatic rings. The molecule has 3 rings (SSSR count). The zero-order valence-corrected chi connectivity index (χ0v) is 13.1. The number of anilines is 1. The summed E-state index contributed by atoms with van der Waals surface area (Å²) in [5.41, 5.74) is 2.64. The number of amides is 1. The summed E-state index contributed by atoms with van der Waals surface area (Å²) < 4.78 is 1.56. The number of para-hydroxylation sites is 1. The molecule has 0 saturated carbocycles. The molecule has 0 radical (unpaired) electrons. The highest BCUT2D eigenvalue weighted by Crippen LogP contribution is 2.15. The van der Waals surface area contributed by atoms with E-state index in [0.29, 0.717) is 12.3 Å². The van der Waals surface area contributed by atoms with Crippen LogP contribution in [0.15, 0.2) is 36.5 Å². The highest BCUT2D eigenvalue weighted by Gasteiger charge is 2.15. The fourth-order valence-corrected chi connectivity index (χ4v) is 2.24. The van der Waals surface area contributed by atoms with Crippen molar-refractivity contribution in [3.63, 3.8) is 0 Å². The van der Waals surface area contributed by atoms with Gasteiger partial charge in [-0.25, -0.2) is 9.50 Å². The van der Waals surface area contributed by atoms with Crippen LogP contribution in [0.25, 0.3) is 5.78 Å². The Labute approximate surface area is 133 Å². The summed E-state index contributed by atoms with van der Waals surface area (Å²) in [5, 5.41) is 10.3. The monoisotopic (exact) mass is 310 g/mol. The van der Waals surface area contributed by atoms with E-state index in [9.17, 15) is 4.79 Å². The first-order valence-electron chi connectivity index (χ1n) is 7.47. The summed E-state index contributed by atoms with van der Waals surface area (Å²) in [6.07, 6.45) is 1.65. The van der Waals surface area contributed by atoms with Crippen LogP contribution >= 0.6 is 0 Å². The van der Waals surface area contributed by atoms with Gasteiger partial charge in [-0.3, -0.25) is 4.79 Å². The molecule has 0 atom stereocenters. The van der Waals surface area contributed by atoms with Gasteiger partial charge in [-0.15, -0.1) is 5.10 Å². The van der Waals surface area contributed by atoms with E-state index in [-0.39, 0.29) is 11.7 Å². The van der Waals surface area contributed by atoms with Crippen molar-refractivity contribution in [3.8, 4) is 0 Å². The quantitative estimate of drug-likeness (QED) is 0.750. The molecule has 7 nitrogen and oxygen atoms in total. The molecule has 23 heavy (non-hydrogen) atoms. The molecule has 0 bridgehead atoms. The zero-order valence-electron chi connectivity index (χ0n) is 13.1. The second kappa shape index (κ2) is 6.53. The van der Waals surface area contributed by atoms with Gasteiger partial charge >= 0.3 is 0 Å². The predicted molar refractivity (Wildman–Crippen MR) is 87.3 cm³/mol. The highest BCUT2D eigenvalue weighted by atomic mass is 16.2. The molecule has 2 N–H and O–H groups in total. The van der Waals surface area contributed by atoms with E-state index in [1.807, 2.05) is 44.2 Å². The number of nitrogens with zero attached hydrogens (tertiary/aromatic N) is 4. The van der Waals surface area contributed by atoms with Crippen LogP contribution in [0.2, 0.25) is 0 Å². The van der Waals surface area contributed by atoms with Gasteiger partial charge in [0.05, 0.1) is 0 Å². The van der Waals surface area contributed by atoms with Gasteiger partial charge in [-0.1, -0.05) is 25.1 Å². The SMILES string of the molecule is CCNCc1ccccc1NC(=O)c1nc2nccc(C)n2n1. The molecule has 0 aliphatic heterocycles. The van der Waals surface area contributed by atoms with E-state index in [2.05, 4.69) is 25.7 Å². The first kappa shape index (κ1) is 15.1. The maximum atomic E-state index is 12.4. The Hall–Kier alpha value is -2.80. The van der Waals surface area contributed by atoms with E-state index >= 15 is 0 Å². The fourth-order valence-electron chi connectivity index (χ4n) is 2.24. The van der Waals surface area contributed by atoms with E-state index in [0.717, 1.165) is 23.5 Å². The average molecular weight is 310 g/mol. The van der Waals surface area contributed by atoms with Crippen LogP contribution in [-0.4, -0.2) is 32.0 Å². The maximum Gasteiger partial charge on any atom is 0.295 e. The zero-order chi connectivity index (χ0) is 16.2. The van der Waals surface area contributed by atoms with Crippen molar-refractivity contribution in [2.75, 3.05) is 11.9 Å². The first-order chi connectivity index (χ1) is 11.2. The third-order valence-corrected chi connectivity index (χ3v) is 3.46. The van der Waals surface area contributed by atoms with Crippen LogP contribution in [-0.2, 0) is 6.54 Å². The van der Waals surface area contributed by atoms with Crippen LogP contribution in [0, 0.1) is 6.92 Å². The second-order valence-electron chi connectivity index (χ2n) is 5.13. The van der Waals surface area contributed by atoms with Crippen molar-refractivity contribution in [1.29, 1.82) is 0 Å². The molecule has 1 aromatic carbocycles. The van der Waals surface area contributed by atoms with Gasteiger partial charge in [-0.2, -0.15) is 4.98 Å². The molecule has 0 spiro atoms. The summed E-state index contributed by atoms with van der Waals surface area (Å²) >= 11 is 0. The van der Waals surface area contributed by atoms with Crippen molar-refractivity contribution in [2.24, 2.45) is 0 Å². The van der Waals surface area contributed by atoms with Crippen LogP contribution < -0.4 is 10.6 Å². The van der Waals surface area contributed by atoms with Gasteiger partial charge in [-0.05, 0) is 31.2 Å². The molecular weight excluding hydrogens is 292 g/mol. The number of benzene rings is 1. The van der Waals surface area contributed by atoms with Gasteiger partial charge in [0, 0.05) is 24.1 Å². The summed E-state index contributed by atoms with van der Waals surface area (Å²) in [5.74, 6) is 0.167. The normalized spacial score (nSPS) is 10.9. The lowest BCUT2D eigenvalue weighted by Crippen LogP contribution is -2.18. The van der Waals surface area contributed by atoms with Crippen LogP contribution in [0.3, 0.4) is 0 Å². The molecular formula is C16H18N6O. The molecule has 0 aliphatic carbocycles. The number of rotatable bonds is 5. The Kier molecular flexibility index (Phi) is 4.29. The largest absolute Gasteiger partial charge is 0.319 e. The van der Waals surface area contributed by atoms with E-state index in [1.165, 1.54) is 0 Å². The van der Waals surface area contributed by atoms with Crippen molar-refractivity contribution >= 4 is 17.4 Å². The average Bonchev–Trinajstić information content (AvgIpc) is 3.00. The second-order valence-corrected chi connectivity index (χ2v) is 5.13. The topological polar surface area (TPSA) is 84.2 Å². The summed E-state index contributed by atoms with van der Waals surface area (Å²) in [4.78, 5) is 20.7. The van der Waals surface area contributed by atoms with Crippen LogP contribution in [0.5, 0.6) is 0 Å². The number of nitrogens with one attached hydrogen (secondary N) is 2. The third kappa shape index (κ3) is 3.19. The minimum absolute atomic E-state index is 0.102. The minimum atomic E-state index is -0.348. The van der Waals surface area contributed by atoms with Crippen molar-refractivity contribution in [2.45, 2.75) is 20.4 Å². The molecule has 118 valence electrons. The smallest absolute Gasteiger partial charge is 0.295 e. The summed E-state index contributed by atoms with van der Waals surface area (Å²) in [6.45, 7) is 5.47. The lowest BCUT2D eigenvalue weighted by Gasteiger charge is -2.10. The molecule has 1 amide bonds. The van der Waals surface area contributed by atoms with Crippen LogP contribution in [0.1, 0.15) is 28.8 Å². The highest BCUT2D eigenvalue weighted by molar-refractivity contribution is 6.02. The number of carbonyl (C=O) groups is 1. The Balaban J connectivity index is 1.85. The molecule has 7 heteroatoms. The Bertz CT molecular complexity index is 841. The predicted octanol–water partition coefficient (Wildman–Crippen LogP) is 1.79. The third-order valence-electron chi connectivity index (χ3n) is 3.46. The minimum Gasteiger partial charge on any atom is -0.319 e. The molecule has 2 aromatic heterocycles. The van der Waals surface area contributed by atoms with Gasteiger partial charge in [0.1, 0.15) is 0 Å². The summed E-state index contributed by atoms with van der Waals surface area (Å²) in [6, 6.07) is 9.48. The number of aryl methyl sites for hydroxylation is 1. The standard InChI is InChI=1S/C16H18N6O/c1-3-17-10-12-6-4-5-7-13(12)19-15(23)14-20-16-18-9-8-11(2)22(16)21-14/h4-9,17H,3,10H2,1-2H3,(H,19,23). The molecule has 0 aliphatic rings. The maximum absolute atomic E-state index is 12.4. The van der Waals surface area contributed by atoms with E-state index in [1.54, 1.807) is 10.7 Å². The van der Waals surface area contributed by atoms with Crippen molar-refractivity contribution in [1.82, 2.24) is 24.9 Å². The van der Waals surface area contributed by atoms with E-state index < -0.39 is 0 Å². The molecule has 2 heterocycles. The molecule has 0 saturated heterocycles. The van der Waals surface area contributed by atoms with Gasteiger partial charge in [0.15, 0.2) is 0 Å². The Morgan fingerprint density at radius 1 is 1.26 bits per heavy atom. The molecule has 0 fully saturated rings. The van der Waals surface area contributed by atoms with Gasteiger partial charge < -0.3 is 10.6 Å². The van der Waals surface area contributed by atoms with Gasteiger partial charge in [0.2, 0.25) is 5.82 Å². The molecule has 0 unspecified atom stereocenters. The van der Waals surface area contributed by atoms with Crippen LogP contribution in [0.4, 0.5) is 5.69 Å². The Morgan fingerprint density at radius 2 is 2.09 bits per heavy atom. The number of hydrogen-bond acceptors (Lipinski definition) is 5.